The van der Waals surface area contributed by atoms with E-state index in [1.54, 1.807) is 6.20 Å². The predicted molar refractivity (Wildman–Crippen MR) is 97.0 cm³/mol. The SMILES string of the molecule is O=C(Cc1ccc2c(c1)OCO2)N1CCCN(Cc2cccnc2)CC1. The number of nitrogens with zero attached hydrogens (tertiary/aromatic N) is 3. The van der Waals surface area contributed by atoms with Gasteiger partial charge in [-0.05, 0) is 35.7 Å². The Morgan fingerprint density at radius 2 is 1.96 bits per heavy atom. The van der Waals surface area contributed by atoms with Gasteiger partial charge in [0.05, 0.1) is 6.42 Å². The van der Waals surface area contributed by atoms with E-state index in [1.165, 1.54) is 5.56 Å². The van der Waals surface area contributed by atoms with Crippen molar-refractivity contribution >= 4 is 5.91 Å². The molecule has 136 valence electrons. The van der Waals surface area contributed by atoms with Crippen LogP contribution in [0.15, 0.2) is 42.7 Å². The molecule has 6 heteroatoms. The molecule has 4 rings (SSSR count). The highest BCUT2D eigenvalue weighted by molar-refractivity contribution is 5.79. The maximum atomic E-state index is 12.7. The lowest BCUT2D eigenvalue weighted by molar-refractivity contribution is -0.130. The zero-order valence-corrected chi connectivity index (χ0v) is 14.8. The highest BCUT2D eigenvalue weighted by atomic mass is 16.7. The van der Waals surface area contributed by atoms with E-state index in [1.807, 2.05) is 35.4 Å². The van der Waals surface area contributed by atoms with Gasteiger partial charge in [0.2, 0.25) is 12.7 Å². The fraction of sp³-hybridized carbons (Fsp3) is 0.400. The van der Waals surface area contributed by atoms with Crippen LogP contribution in [0.25, 0.3) is 0 Å². The maximum absolute atomic E-state index is 12.7. The van der Waals surface area contributed by atoms with Crippen molar-refractivity contribution in [1.29, 1.82) is 0 Å². The summed E-state index contributed by atoms with van der Waals surface area (Å²) >= 11 is 0. The van der Waals surface area contributed by atoms with E-state index in [-0.39, 0.29) is 12.7 Å². The van der Waals surface area contributed by atoms with Gasteiger partial charge in [-0.25, -0.2) is 0 Å². The van der Waals surface area contributed by atoms with Crippen molar-refractivity contribution in [3.05, 3.63) is 53.9 Å². The molecule has 0 unspecified atom stereocenters. The second-order valence-electron chi connectivity index (χ2n) is 6.74. The number of hydrogen-bond donors (Lipinski definition) is 0. The molecule has 0 atom stereocenters. The third kappa shape index (κ3) is 3.96. The fourth-order valence-corrected chi connectivity index (χ4v) is 3.47. The van der Waals surface area contributed by atoms with E-state index >= 15 is 0 Å². The van der Waals surface area contributed by atoms with E-state index in [9.17, 15) is 4.79 Å². The van der Waals surface area contributed by atoms with Crippen molar-refractivity contribution in [1.82, 2.24) is 14.8 Å². The van der Waals surface area contributed by atoms with Gasteiger partial charge in [0, 0.05) is 45.1 Å². The van der Waals surface area contributed by atoms with Crippen molar-refractivity contribution in [2.75, 3.05) is 33.0 Å². The van der Waals surface area contributed by atoms with Gasteiger partial charge in [-0.2, -0.15) is 0 Å². The van der Waals surface area contributed by atoms with Crippen LogP contribution >= 0.6 is 0 Å². The first kappa shape index (κ1) is 16.8. The van der Waals surface area contributed by atoms with Crippen LogP contribution < -0.4 is 9.47 Å². The Kier molecular flexibility index (Phi) is 5.02. The molecule has 1 amide bonds. The largest absolute Gasteiger partial charge is 0.454 e. The van der Waals surface area contributed by atoms with Crippen molar-refractivity contribution in [3.63, 3.8) is 0 Å². The van der Waals surface area contributed by atoms with Crippen molar-refractivity contribution in [2.45, 2.75) is 19.4 Å². The molecule has 1 saturated heterocycles. The number of hydrogen-bond acceptors (Lipinski definition) is 5. The maximum Gasteiger partial charge on any atom is 0.231 e. The van der Waals surface area contributed by atoms with Crippen LogP contribution in [0.4, 0.5) is 0 Å². The molecule has 2 aliphatic rings. The van der Waals surface area contributed by atoms with Crippen molar-refractivity contribution in [3.8, 4) is 11.5 Å². The minimum absolute atomic E-state index is 0.173. The van der Waals surface area contributed by atoms with Gasteiger partial charge in [0.25, 0.3) is 0 Å². The van der Waals surface area contributed by atoms with Crippen LogP contribution in [0, 0.1) is 0 Å². The zero-order chi connectivity index (χ0) is 17.8. The molecule has 0 aliphatic carbocycles. The van der Waals surface area contributed by atoms with Crippen LogP contribution in [0.1, 0.15) is 17.5 Å². The van der Waals surface area contributed by atoms with Crippen LogP contribution in [0.2, 0.25) is 0 Å². The predicted octanol–water partition coefficient (Wildman–Crippen LogP) is 2.09. The lowest BCUT2D eigenvalue weighted by Crippen LogP contribution is -2.36. The summed E-state index contributed by atoms with van der Waals surface area (Å²) in [6.45, 7) is 4.62. The number of carbonyl (C=O) groups is 1. The highest BCUT2D eigenvalue weighted by Gasteiger charge is 2.20. The summed E-state index contributed by atoms with van der Waals surface area (Å²) in [7, 11) is 0. The zero-order valence-electron chi connectivity index (χ0n) is 14.8. The number of pyridine rings is 1. The van der Waals surface area contributed by atoms with Gasteiger partial charge in [0.1, 0.15) is 0 Å². The number of fused-ring (bicyclic) bond motifs is 1. The van der Waals surface area contributed by atoms with Crippen LogP contribution in [-0.4, -0.2) is 53.7 Å². The van der Waals surface area contributed by atoms with Crippen LogP contribution in [-0.2, 0) is 17.8 Å². The van der Waals surface area contributed by atoms with Crippen LogP contribution in [0.5, 0.6) is 11.5 Å². The van der Waals surface area contributed by atoms with Gasteiger partial charge in [-0.15, -0.1) is 0 Å². The second-order valence-corrected chi connectivity index (χ2v) is 6.74. The van der Waals surface area contributed by atoms with Gasteiger partial charge in [-0.1, -0.05) is 12.1 Å². The minimum atomic E-state index is 0.173. The number of rotatable bonds is 4. The topological polar surface area (TPSA) is 54.9 Å². The summed E-state index contributed by atoms with van der Waals surface area (Å²) in [5.41, 5.74) is 2.18. The van der Waals surface area contributed by atoms with E-state index in [0.29, 0.717) is 6.42 Å². The number of carbonyl (C=O) groups excluding carboxylic acids is 1. The standard InChI is InChI=1S/C20H23N3O3/c24-20(12-16-4-5-18-19(11-16)26-15-25-18)23-8-2-7-22(9-10-23)14-17-3-1-6-21-13-17/h1,3-6,11,13H,2,7-10,12,14-15H2. The quantitative estimate of drug-likeness (QED) is 0.842. The summed E-state index contributed by atoms with van der Waals surface area (Å²) in [6, 6.07) is 9.79. The first-order chi connectivity index (χ1) is 12.8. The molecule has 0 bridgehead atoms. The average Bonchev–Trinajstić information content (AvgIpc) is 3.00. The molecule has 0 spiro atoms. The minimum Gasteiger partial charge on any atom is -0.454 e. The number of aromatic nitrogens is 1. The lowest BCUT2D eigenvalue weighted by Gasteiger charge is -2.22. The average molecular weight is 353 g/mol. The molecule has 1 aromatic heterocycles. The second kappa shape index (κ2) is 7.74. The van der Waals surface area contributed by atoms with Crippen molar-refractivity contribution < 1.29 is 14.3 Å². The molecule has 0 N–H and O–H groups in total. The molecule has 6 nitrogen and oxygen atoms in total. The number of amides is 1. The molecule has 3 heterocycles. The van der Waals surface area contributed by atoms with E-state index in [0.717, 1.165) is 56.2 Å². The number of benzene rings is 1. The van der Waals surface area contributed by atoms with Crippen LogP contribution in [0.3, 0.4) is 0 Å². The van der Waals surface area contributed by atoms with E-state index in [4.69, 9.17) is 9.47 Å². The van der Waals surface area contributed by atoms with Gasteiger partial charge in [0.15, 0.2) is 11.5 Å². The van der Waals surface area contributed by atoms with E-state index in [2.05, 4.69) is 16.0 Å². The summed E-state index contributed by atoms with van der Waals surface area (Å²) in [5, 5.41) is 0. The van der Waals surface area contributed by atoms with Crippen molar-refractivity contribution in [2.24, 2.45) is 0 Å². The molecule has 1 aromatic carbocycles. The molecule has 0 radical (unpaired) electrons. The van der Waals surface area contributed by atoms with Gasteiger partial charge in [-0.3, -0.25) is 14.7 Å². The highest BCUT2D eigenvalue weighted by Crippen LogP contribution is 2.32. The Balaban J connectivity index is 1.32. The monoisotopic (exact) mass is 353 g/mol. The summed E-state index contributed by atoms with van der Waals surface area (Å²) in [5.74, 6) is 1.66. The Bertz CT molecular complexity index is 766. The normalized spacial score (nSPS) is 17.2. The molecule has 1 fully saturated rings. The summed E-state index contributed by atoms with van der Waals surface area (Å²) in [4.78, 5) is 21.3. The Hall–Kier alpha value is -2.60. The Labute approximate surface area is 153 Å². The fourth-order valence-electron chi connectivity index (χ4n) is 3.47. The summed E-state index contributed by atoms with van der Waals surface area (Å²) < 4.78 is 10.7. The first-order valence-corrected chi connectivity index (χ1v) is 9.05. The third-order valence-electron chi connectivity index (χ3n) is 4.86. The molecule has 26 heavy (non-hydrogen) atoms. The van der Waals surface area contributed by atoms with Gasteiger partial charge < -0.3 is 14.4 Å². The molecule has 2 aliphatic heterocycles. The van der Waals surface area contributed by atoms with E-state index < -0.39 is 0 Å². The Morgan fingerprint density at radius 3 is 2.85 bits per heavy atom. The Morgan fingerprint density at radius 1 is 1.04 bits per heavy atom. The lowest BCUT2D eigenvalue weighted by atomic mass is 10.1. The molecule has 2 aromatic rings. The first-order valence-electron chi connectivity index (χ1n) is 9.05. The molecular formula is C20H23N3O3. The summed E-state index contributed by atoms with van der Waals surface area (Å²) in [6.07, 6.45) is 5.10. The smallest absolute Gasteiger partial charge is 0.231 e. The molecule has 0 saturated carbocycles. The van der Waals surface area contributed by atoms with Gasteiger partial charge >= 0.3 is 0 Å². The molecular weight excluding hydrogens is 330 g/mol. The third-order valence-corrected chi connectivity index (χ3v) is 4.86. The number of ether oxygens (including phenoxy) is 2.